The molecule has 1 atom stereocenters. The maximum absolute atomic E-state index is 13.5. The number of aryl methyl sites for hydroxylation is 1. The molecule has 2 aromatic carbocycles. The molecule has 132 valence electrons. The standard InChI is InChI=1S/C18H19FN2O2S2/c1-12-7-9-14(10-8-12)25-13(2)18(23)21-20-17(22)11-24-16-6-4-3-5-15(16)19/h3-10,13H,11H2,1-2H3,(H,20,22)(H,21,23)/t13-/m0/s1. The minimum atomic E-state index is -0.394. The third kappa shape index (κ3) is 6.43. The number of amides is 2. The van der Waals surface area contributed by atoms with Crippen molar-refractivity contribution in [1.29, 1.82) is 0 Å². The van der Waals surface area contributed by atoms with Gasteiger partial charge < -0.3 is 0 Å². The number of halogens is 1. The third-order valence-electron chi connectivity index (χ3n) is 3.22. The predicted octanol–water partition coefficient (Wildman–Crippen LogP) is 3.55. The van der Waals surface area contributed by atoms with E-state index in [1.165, 1.54) is 17.8 Å². The first-order chi connectivity index (χ1) is 12.0. The topological polar surface area (TPSA) is 58.2 Å². The van der Waals surface area contributed by atoms with Crippen LogP contribution in [0.15, 0.2) is 58.3 Å². The van der Waals surface area contributed by atoms with Crippen LogP contribution in [0, 0.1) is 12.7 Å². The number of benzene rings is 2. The van der Waals surface area contributed by atoms with Crippen molar-refractivity contribution in [3.63, 3.8) is 0 Å². The quantitative estimate of drug-likeness (QED) is 0.596. The van der Waals surface area contributed by atoms with Gasteiger partial charge in [0, 0.05) is 9.79 Å². The Bertz CT molecular complexity index is 738. The summed E-state index contributed by atoms with van der Waals surface area (Å²) in [6.45, 7) is 3.76. The fourth-order valence-electron chi connectivity index (χ4n) is 1.85. The molecule has 2 N–H and O–H groups in total. The summed E-state index contributed by atoms with van der Waals surface area (Å²) in [5.41, 5.74) is 5.90. The zero-order valence-electron chi connectivity index (χ0n) is 13.9. The molecular weight excluding hydrogens is 359 g/mol. The van der Waals surface area contributed by atoms with Crippen LogP contribution in [0.1, 0.15) is 12.5 Å². The van der Waals surface area contributed by atoms with Crippen molar-refractivity contribution in [1.82, 2.24) is 10.9 Å². The molecule has 0 unspecified atom stereocenters. The molecule has 0 heterocycles. The predicted molar refractivity (Wildman–Crippen MR) is 99.9 cm³/mol. The molecule has 0 aliphatic heterocycles. The highest BCUT2D eigenvalue weighted by atomic mass is 32.2. The highest BCUT2D eigenvalue weighted by molar-refractivity contribution is 8.00. The number of rotatable bonds is 6. The molecular formula is C18H19FN2O2S2. The first-order valence-corrected chi connectivity index (χ1v) is 9.51. The van der Waals surface area contributed by atoms with Crippen LogP contribution in [0.3, 0.4) is 0 Å². The van der Waals surface area contributed by atoms with Gasteiger partial charge in [0.15, 0.2) is 0 Å². The van der Waals surface area contributed by atoms with Gasteiger partial charge in [0.2, 0.25) is 5.91 Å². The summed E-state index contributed by atoms with van der Waals surface area (Å²) >= 11 is 2.48. The summed E-state index contributed by atoms with van der Waals surface area (Å²) in [6.07, 6.45) is 0. The van der Waals surface area contributed by atoms with Gasteiger partial charge in [0.05, 0.1) is 11.0 Å². The lowest BCUT2D eigenvalue weighted by Crippen LogP contribution is -2.45. The Kier molecular flexibility index (Phi) is 7.33. The Hall–Kier alpha value is -1.99. The van der Waals surface area contributed by atoms with Crippen molar-refractivity contribution in [3.05, 3.63) is 59.9 Å². The van der Waals surface area contributed by atoms with E-state index in [0.717, 1.165) is 22.2 Å². The molecule has 0 saturated carbocycles. The van der Waals surface area contributed by atoms with Gasteiger partial charge in [-0.15, -0.1) is 23.5 Å². The van der Waals surface area contributed by atoms with Crippen molar-refractivity contribution >= 4 is 35.3 Å². The molecule has 0 bridgehead atoms. The number of hydrogen-bond donors (Lipinski definition) is 2. The largest absolute Gasteiger partial charge is 0.272 e. The lowest BCUT2D eigenvalue weighted by molar-refractivity contribution is -0.127. The smallest absolute Gasteiger partial charge is 0.251 e. The van der Waals surface area contributed by atoms with Crippen LogP contribution < -0.4 is 10.9 Å². The summed E-state index contributed by atoms with van der Waals surface area (Å²) < 4.78 is 13.5. The zero-order chi connectivity index (χ0) is 18.2. The van der Waals surface area contributed by atoms with Crippen LogP contribution in [0.5, 0.6) is 0 Å². The number of hydrogen-bond acceptors (Lipinski definition) is 4. The molecule has 0 saturated heterocycles. The normalized spacial score (nSPS) is 11.6. The Labute approximate surface area is 154 Å². The van der Waals surface area contributed by atoms with E-state index in [2.05, 4.69) is 10.9 Å². The van der Waals surface area contributed by atoms with E-state index in [1.54, 1.807) is 25.1 Å². The molecule has 4 nitrogen and oxygen atoms in total. The van der Waals surface area contributed by atoms with Gasteiger partial charge in [-0.3, -0.25) is 20.4 Å². The van der Waals surface area contributed by atoms with Crippen molar-refractivity contribution < 1.29 is 14.0 Å². The average Bonchev–Trinajstić information content (AvgIpc) is 2.60. The molecule has 0 aromatic heterocycles. The number of carbonyl (C=O) groups is 2. The molecule has 2 aromatic rings. The lowest BCUT2D eigenvalue weighted by Gasteiger charge is -2.13. The van der Waals surface area contributed by atoms with Crippen molar-refractivity contribution in [2.24, 2.45) is 0 Å². The maximum atomic E-state index is 13.5. The van der Waals surface area contributed by atoms with E-state index >= 15 is 0 Å². The minimum Gasteiger partial charge on any atom is -0.272 e. The van der Waals surface area contributed by atoms with Crippen LogP contribution >= 0.6 is 23.5 Å². The number of nitrogens with one attached hydrogen (secondary N) is 2. The van der Waals surface area contributed by atoms with Crippen LogP contribution in [0.4, 0.5) is 4.39 Å². The molecule has 7 heteroatoms. The van der Waals surface area contributed by atoms with Crippen LogP contribution in [0.25, 0.3) is 0 Å². The van der Waals surface area contributed by atoms with Gasteiger partial charge in [-0.05, 0) is 38.1 Å². The maximum Gasteiger partial charge on any atom is 0.251 e. The SMILES string of the molecule is Cc1ccc(S[C@@H](C)C(=O)NNC(=O)CSc2ccccc2F)cc1. The summed E-state index contributed by atoms with van der Waals surface area (Å²) in [6, 6.07) is 14.1. The average molecular weight is 378 g/mol. The Balaban J connectivity index is 1.74. The third-order valence-corrected chi connectivity index (χ3v) is 5.38. The highest BCUT2D eigenvalue weighted by Gasteiger charge is 2.15. The first kappa shape index (κ1) is 19.3. The Morgan fingerprint density at radius 3 is 2.44 bits per heavy atom. The molecule has 0 radical (unpaired) electrons. The molecule has 0 fully saturated rings. The minimum absolute atomic E-state index is 0.0146. The fourth-order valence-corrected chi connectivity index (χ4v) is 3.46. The molecule has 0 spiro atoms. The van der Waals surface area contributed by atoms with Crippen molar-refractivity contribution in [2.75, 3.05) is 5.75 Å². The molecule has 2 rings (SSSR count). The van der Waals surface area contributed by atoms with Crippen molar-refractivity contribution in [3.8, 4) is 0 Å². The van der Waals surface area contributed by atoms with Gasteiger partial charge >= 0.3 is 0 Å². The van der Waals surface area contributed by atoms with E-state index < -0.39 is 5.91 Å². The van der Waals surface area contributed by atoms with Crippen LogP contribution in [-0.2, 0) is 9.59 Å². The van der Waals surface area contributed by atoms with Gasteiger partial charge in [0.1, 0.15) is 5.82 Å². The summed E-state index contributed by atoms with van der Waals surface area (Å²) in [4.78, 5) is 25.2. The summed E-state index contributed by atoms with van der Waals surface area (Å²) in [5, 5.41) is -0.359. The Morgan fingerprint density at radius 1 is 1.08 bits per heavy atom. The van der Waals surface area contributed by atoms with E-state index in [1.807, 2.05) is 31.2 Å². The lowest BCUT2D eigenvalue weighted by atomic mass is 10.2. The van der Waals surface area contributed by atoms with Crippen molar-refractivity contribution in [2.45, 2.75) is 28.9 Å². The monoisotopic (exact) mass is 378 g/mol. The number of hydrazine groups is 1. The molecule has 2 amide bonds. The van der Waals surface area contributed by atoms with Crippen LogP contribution in [0.2, 0.25) is 0 Å². The second-order valence-electron chi connectivity index (χ2n) is 5.33. The first-order valence-electron chi connectivity index (χ1n) is 7.65. The van der Waals surface area contributed by atoms with E-state index in [9.17, 15) is 14.0 Å². The molecule has 0 aliphatic rings. The Morgan fingerprint density at radius 2 is 1.76 bits per heavy atom. The van der Waals surface area contributed by atoms with Gasteiger partial charge in [-0.25, -0.2) is 4.39 Å². The second kappa shape index (κ2) is 9.48. The zero-order valence-corrected chi connectivity index (χ0v) is 15.5. The van der Waals surface area contributed by atoms with E-state index in [-0.39, 0.29) is 22.7 Å². The van der Waals surface area contributed by atoms with Gasteiger partial charge in [0.25, 0.3) is 5.91 Å². The highest BCUT2D eigenvalue weighted by Crippen LogP contribution is 2.23. The summed E-state index contributed by atoms with van der Waals surface area (Å²) in [5.74, 6) is -1.04. The second-order valence-corrected chi connectivity index (χ2v) is 7.76. The number of carbonyl (C=O) groups excluding carboxylic acids is 2. The molecule has 25 heavy (non-hydrogen) atoms. The van der Waals surface area contributed by atoms with Crippen LogP contribution in [-0.4, -0.2) is 22.8 Å². The molecule has 0 aliphatic carbocycles. The van der Waals surface area contributed by atoms with E-state index in [0.29, 0.717) is 4.90 Å². The van der Waals surface area contributed by atoms with Gasteiger partial charge in [-0.1, -0.05) is 29.8 Å². The van der Waals surface area contributed by atoms with E-state index in [4.69, 9.17) is 0 Å². The summed E-state index contributed by atoms with van der Waals surface area (Å²) in [7, 11) is 0. The number of thioether (sulfide) groups is 2. The fraction of sp³-hybridized carbons (Fsp3) is 0.222. The van der Waals surface area contributed by atoms with Gasteiger partial charge in [-0.2, -0.15) is 0 Å².